The number of ketones is 1. The van der Waals surface area contributed by atoms with Gasteiger partial charge in [-0.2, -0.15) is 11.8 Å². The van der Waals surface area contributed by atoms with Gasteiger partial charge in [0, 0.05) is 30.1 Å². The van der Waals surface area contributed by atoms with E-state index in [1.807, 2.05) is 11.8 Å². The lowest BCUT2D eigenvalue weighted by molar-refractivity contribution is -0.151. The molecule has 3 atom stereocenters. The summed E-state index contributed by atoms with van der Waals surface area (Å²) >= 11 is 1.87. The zero-order valence-electron chi connectivity index (χ0n) is 14.2. The van der Waals surface area contributed by atoms with Gasteiger partial charge in [-0.25, -0.2) is 0 Å². The van der Waals surface area contributed by atoms with Crippen LogP contribution >= 0.6 is 11.8 Å². The standard InChI is InChI=1S/C17H27NO4S/c1-4-23-12(2)9-13-10-14(18-5-7-22-8-6-18)11-15(19)16(13)17(20)21-3/h11-13,16H,4-10H2,1-3H3/t12-,13+,16+/m1/s1. The number of hydrogen-bond donors (Lipinski definition) is 0. The molecule has 1 aliphatic carbocycles. The van der Waals surface area contributed by atoms with Crippen molar-refractivity contribution in [2.24, 2.45) is 11.8 Å². The van der Waals surface area contributed by atoms with Crippen LogP contribution in [0.15, 0.2) is 11.8 Å². The normalized spacial score (nSPS) is 26.7. The predicted molar refractivity (Wildman–Crippen MR) is 91.3 cm³/mol. The van der Waals surface area contributed by atoms with E-state index in [2.05, 4.69) is 18.7 Å². The summed E-state index contributed by atoms with van der Waals surface area (Å²) in [5.74, 6) is -0.0949. The van der Waals surface area contributed by atoms with Crippen LogP contribution in [0.5, 0.6) is 0 Å². The zero-order valence-corrected chi connectivity index (χ0v) is 15.1. The number of carbonyl (C=O) groups excluding carboxylic acids is 2. The van der Waals surface area contributed by atoms with Crippen molar-refractivity contribution in [3.63, 3.8) is 0 Å². The molecule has 0 aromatic heterocycles. The molecule has 0 radical (unpaired) electrons. The number of methoxy groups -OCH3 is 1. The highest BCUT2D eigenvalue weighted by Crippen LogP contribution is 2.35. The first kappa shape index (κ1) is 18.3. The lowest BCUT2D eigenvalue weighted by Crippen LogP contribution is -2.42. The summed E-state index contributed by atoms with van der Waals surface area (Å²) in [5.41, 5.74) is 1.05. The minimum absolute atomic E-state index is 0.0202. The Labute approximate surface area is 142 Å². The number of ether oxygens (including phenoxy) is 2. The van der Waals surface area contributed by atoms with Gasteiger partial charge in [0.15, 0.2) is 5.78 Å². The molecule has 23 heavy (non-hydrogen) atoms. The van der Waals surface area contributed by atoms with Gasteiger partial charge in [-0.1, -0.05) is 13.8 Å². The van der Waals surface area contributed by atoms with Gasteiger partial charge >= 0.3 is 5.97 Å². The minimum Gasteiger partial charge on any atom is -0.468 e. The summed E-state index contributed by atoms with van der Waals surface area (Å²) in [5, 5.41) is 0.425. The number of morpholine rings is 1. The molecule has 0 bridgehead atoms. The third kappa shape index (κ3) is 4.73. The van der Waals surface area contributed by atoms with E-state index in [4.69, 9.17) is 9.47 Å². The fourth-order valence-electron chi connectivity index (χ4n) is 3.44. The maximum absolute atomic E-state index is 12.6. The molecule has 2 rings (SSSR count). The zero-order chi connectivity index (χ0) is 16.8. The van der Waals surface area contributed by atoms with E-state index < -0.39 is 11.9 Å². The van der Waals surface area contributed by atoms with E-state index >= 15 is 0 Å². The molecule has 1 heterocycles. The van der Waals surface area contributed by atoms with E-state index in [1.165, 1.54) is 7.11 Å². The first-order valence-electron chi connectivity index (χ1n) is 8.33. The average Bonchev–Trinajstić information content (AvgIpc) is 2.55. The third-order valence-electron chi connectivity index (χ3n) is 4.52. The summed E-state index contributed by atoms with van der Waals surface area (Å²) in [6, 6.07) is 0. The summed E-state index contributed by atoms with van der Waals surface area (Å²) in [6.45, 7) is 7.31. The molecule has 5 nitrogen and oxygen atoms in total. The highest BCUT2D eigenvalue weighted by atomic mass is 32.2. The highest BCUT2D eigenvalue weighted by Gasteiger charge is 2.40. The van der Waals surface area contributed by atoms with Crippen LogP contribution in [0.3, 0.4) is 0 Å². The summed E-state index contributed by atoms with van der Waals surface area (Å²) in [7, 11) is 1.36. The summed E-state index contributed by atoms with van der Waals surface area (Å²) in [4.78, 5) is 26.9. The predicted octanol–water partition coefficient (Wildman–Crippen LogP) is 2.11. The third-order valence-corrected chi connectivity index (χ3v) is 5.61. The first-order valence-corrected chi connectivity index (χ1v) is 9.38. The monoisotopic (exact) mass is 341 g/mol. The highest BCUT2D eigenvalue weighted by molar-refractivity contribution is 7.99. The van der Waals surface area contributed by atoms with Gasteiger partial charge in [0.25, 0.3) is 0 Å². The van der Waals surface area contributed by atoms with Crippen LogP contribution in [0.1, 0.15) is 26.7 Å². The molecular weight excluding hydrogens is 314 g/mol. The molecule has 0 unspecified atom stereocenters. The average molecular weight is 341 g/mol. The van der Waals surface area contributed by atoms with E-state index in [1.54, 1.807) is 6.08 Å². The number of rotatable bonds is 6. The maximum Gasteiger partial charge on any atom is 0.316 e. The topological polar surface area (TPSA) is 55.8 Å². The number of carbonyl (C=O) groups is 2. The maximum atomic E-state index is 12.6. The molecule has 0 aromatic carbocycles. The number of thioether (sulfide) groups is 1. The van der Waals surface area contributed by atoms with Crippen LogP contribution in [0, 0.1) is 11.8 Å². The molecule has 1 fully saturated rings. The molecule has 0 spiro atoms. The van der Waals surface area contributed by atoms with Crippen LogP contribution < -0.4 is 0 Å². The van der Waals surface area contributed by atoms with Crippen molar-refractivity contribution in [3.8, 4) is 0 Å². The molecule has 0 aromatic rings. The molecule has 1 aliphatic heterocycles. The first-order chi connectivity index (χ1) is 11.1. The number of allylic oxidation sites excluding steroid dienone is 2. The van der Waals surface area contributed by atoms with Gasteiger partial charge in [0.05, 0.1) is 20.3 Å². The Morgan fingerprint density at radius 1 is 1.48 bits per heavy atom. The van der Waals surface area contributed by atoms with Gasteiger partial charge in [0.1, 0.15) is 5.92 Å². The van der Waals surface area contributed by atoms with Crippen LogP contribution in [-0.2, 0) is 19.1 Å². The number of nitrogens with zero attached hydrogens (tertiary/aromatic N) is 1. The Kier molecular flexibility index (Phi) is 6.96. The SMILES string of the molecule is CCS[C@H](C)C[C@H]1CC(N2CCOCC2)=CC(=O)[C@H]1C(=O)OC. The van der Waals surface area contributed by atoms with Crippen molar-refractivity contribution in [2.45, 2.75) is 31.9 Å². The molecule has 0 N–H and O–H groups in total. The van der Waals surface area contributed by atoms with Crippen molar-refractivity contribution in [1.29, 1.82) is 0 Å². The van der Waals surface area contributed by atoms with Crippen molar-refractivity contribution in [1.82, 2.24) is 4.90 Å². The molecule has 130 valence electrons. The molecular formula is C17H27NO4S. The van der Waals surface area contributed by atoms with Crippen LogP contribution in [0.25, 0.3) is 0 Å². The van der Waals surface area contributed by atoms with Crippen LogP contribution in [0.2, 0.25) is 0 Å². The van der Waals surface area contributed by atoms with Crippen molar-refractivity contribution >= 4 is 23.5 Å². The second kappa shape index (κ2) is 8.73. The number of hydrogen-bond acceptors (Lipinski definition) is 6. The van der Waals surface area contributed by atoms with Crippen molar-refractivity contribution < 1.29 is 19.1 Å². The molecule has 1 saturated heterocycles. The van der Waals surface area contributed by atoms with E-state index in [9.17, 15) is 9.59 Å². The Balaban J connectivity index is 2.15. The Hall–Kier alpha value is -1.01. The fraction of sp³-hybridized carbons (Fsp3) is 0.765. The lowest BCUT2D eigenvalue weighted by Gasteiger charge is -2.37. The minimum atomic E-state index is -0.648. The molecule has 0 saturated carbocycles. The molecule has 0 amide bonds. The lowest BCUT2D eigenvalue weighted by atomic mass is 9.77. The largest absolute Gasteiger partial charge is 0.468 e. The quantitative estimate of drug-likeness (QED) is 0.545. The second-order valence-corrected chi connectivity index (χ2v) is 7.82. The Bertz CT molecular complexity index is 460. The smallest absolute Gasteiger partial charge is 0.316 e. The van der Waals surface area contributed by atoms with Gasteiger partial charge < -0.3 is 14.4 Å². The Morgan fingerprint density at radius 2 is 2.17 bits per heavy atom. The number of esters is 1. The van der Waals surface area contributed by atoms with E-state index in [0.717, 1.165) is 37.4 Å². The van der Waals surface area contributed by atoms with Crippen molar-refractivity contribution in [3.05, 3.63) is 11.8 Å². The Morgan fingerprint density at radius 3 is 2.78 bits per heavy atom. The fourth-order valence-corrected chi connectivity index (χ4v) is 4.39. The summed E-state index contributed by atoms with van der Waals surface area (Å²) < 4.78 is 10.3. The molecule has 6 heteroatoms. The van der Waals surface area contributed by atoms with E-state index in [0.29, 0.717) is 18.5 Å². The van der Waals surface area contributed by atoms with Crippen molar-refractivity contribution in [2.75, 3.05) is 39.2 Å². The van der Waals surface area contributed by atoms with Gasteiger partial charge in [-0.15, -0.1) is 0 Å². The van der Waals surface area contributed by atoms with Gasteiger partial charge in [-0.05, 0) is 24.5 Å². The van der Waals surface area contributed by atoms with Crippen LogP contribution in [-0.4, -0.2) is 61.1 Å². The summed E-state index contributed by atoms with van der Waals surface area (Å²) in [6.07, 6.45) is 3.27. The van der Waals surface area contributed by atoms with Gasteiger partial charge in [-0.3, -0.25) is 9.59 Å². The second-order valence-electron chi connectivity index (χ2n) is 6.10. The van der Waals surface area contributed by atoms with Gasteiger partial charge in [0.2, 0.25) is 0 Å². The molecule has 2 aliphatic rings. The van der Waals surface area contributed by atoms with Crippen LogP contribution in [0.4, 0.5) is 0 Å². The van der Waals surface area contributed by atoms with E-state index in [-0.39, 0.29) is 11.7 Å².